The Kier molecular flexibility index (Phi) is 9.66. The molecule has 1 aromatic carbocycles. The number of halogens is 4. The van der Waals surface area contributed by atoms with E-state index in [1.807, 2.05) is 0 Å². The van der Waals surface area contributed by atoms with Gasteiger partial charge in [-0.3, -0.25) is 4.79 Å². The van der Waals surface area contributed by atoms with E-state index in [9.17, 15) is 22.4 Å². The molecule has 0 aliphatic carbocycles. The van der Waals surface area contributed by atoms with Crippen molar-refractivity contribution in [3.63, 3.8) is 0 Å². The molecule has 0 aromatic heterocycles. The van der Waals surface area contributed by atoms with Crippen LogP contribution in [0.2, 0.25) is 0 Å². The quantitative estimate of drug-likeness (QED) is 0.322. The zero-order chi connectivity index (χ0) is 19.6. The lowest BCUT2D eigenvalue weighted by atomic mass is 10.0. The molecule has 0 N–H and O–H groups in total. The van der Waals surface area contributed by atoms with Crippen LogP contribution in [0.15, 0.2) is 18.2 Å². The van der Waals surface area contributed by atoms with Gasteiger partial charge in [-0.25, -0.2) is 4.39 Å². The molecule has 148 valence electrons. The fourth-order valence-electron chi connectivity index (χ4n) is 2.88. The van der Waals surface area contributed by atoms with E-state index in [1.165, 1.54) is 4.90 Å². The monoisotopic (exact) mass is 375 g/mol. The fourth-order valence-corrected chi connectivity index (χ4v) is 2.88. The zero-order valence-electron chi connectivity index (χ0n) is 15.7. The van der Waals surface area contributed by atoms with Gasteiger partial charge in [-0.05, 0) is 31.0 Å². The van der Waals surface area contributed by atoms with E-state index in [0.29, 0.717) is 25.2 Å². The van der Waals surface area contributed by atoms with Gasteiger partial charge in [0.05, 0.1) is 11.1 Å². The highest BCUT2D eigenvalue weighted by atomic mass is 19.4. The number of benzene rings is 1. The molecule has 0 fully saturated rings. The van der Waals surface area contributed by atoms with Gasteiger partial charge in [0.15, 0.2) is 0 Å². The van der Waals surface area contributed by atoms with Crippen LogP contribution in [0.1, 0.15) is 81.1 Å². The molecule has 1 rings (SSSR count). The van der Waals surface area contributed by atoms with Crippen LogP contribution in [-0.4, -0.2) is 23.9 Å². The molecule has 0 atom stereocenters. The molecule has 1 aromatic rings. The van der Waals surface area contributed by atoms with Crippen molar-refractivity contribution in [2.45, 2.75) is 71.4 Å². The minimum atomic E-state index is -4.69. The van der Waals surface area contributed by atoms with Crippen molar-refractivity contribution in [3.05, 3.63) is 35.1 Å². The Balaban J connectivity index is 2.96. The predicted octanol–water partition coefficient (Wildman–Crippen LogP) is 6.45. The first-order chi connectivity index (χ1) is 12.3. The Morgan fingerprint density at radius 1 is 0.923 bits per heavy atom. The van der Waals surface area contributed by atoms with Gasteiger partial charge in [0.1, 0.15) is 5.82 Å². The molecule has 1 amide bonds. The SMILES string of the molecule is CCCCCCN(CCCCCC)C(=O)c1cc(F)ccc1C(F)(F)F. The number of hydrogen-bond acceptors (Lipinski definition) is 1. The molecule has 0 bridgehead atoms. The number of carbonyl (C=O) groups excluding carboxylic acids is 1. The topological polar surface area (TPSA) is 20.3 Å². The first kappa shape index (κ1) is 22.5. The number of hydrogen-bond donors (Lipinski definition) is 0. The van der Waals surface area contributed by atoms with Crippen molar-refractivity contribution >= 4 is 5.91 Å². The predicted molar refractivity (Wildman–Crippen MR) is 95.6 cm³/mol. The van der Waals surface area contributed by atoms with Crippen LogP contribution in [-0.2, 0) is 6.18 Å². The molecule has 0 unspecified atom stereocenters. The highest BCUT2D eigenvalue weighted by Gasteiger charge is 2.36. The zero-order valence-corrected chi connectivity index (χ0v) is 15.7. The summed E-state index contributed by atoms with van der Waals surface area (Å²) in [6.07, 6.45) is 2.74. The molecule has 0 saturated carbocycles. The summed E-state index contributed by atoms with van der Waals surface area (Å²) < 4.78 is 53.2. The lowest BCUT2D eigenvalue weighted by Crippen LogP contribution is -2.34. The molecule has 6 heteroatoms. The second kappa shape index (κ2) is 11.2. The Morgan fingerprint density at radius 3 is 1.92 bits per heavy atom. The Morgan fingerprint density at radius 2 is 1.46 bits per heavy atom. The molecule has 0 heterocycles. The first-order valence-corrected chi connectivity index (χ1v) is 9.47. The van der Waals surface area contributed by atoms with Gasteiger partial charge in [0, 0.05) is 13.1 Å². The third-order valence-corrected chi connectivity index (χ3v) is 4.37. The highest BCUT2D eigenvalue weighted by molar-refractivity contribution is 5.96. The summed E-state index contributed by atoms with van der Waals surface area (Å²) in [5.74, 6) is -1.57. The summed E-state index contributed by atoms with van der Waals surface area (Å²) in [7, 11) is 0. The minimum Gasteiger partial charge on any atom is -0.339 e. The number of amides is 1. The largest absolute Gasteiger partial charge is 0.417 e. The molecule has 0 radical (unpaired) electrons. The molecule has 0 spiro atoms. The summed E-state index contributed by atoms with van der Waals surface area (Å²) in [6.45, 7) is 4.93. The van der Waals surface area contributed by atoms with Crippen LogP contribution in [0.4, 0.5) is 17.6 Å². The summed E-state index contributed by atoms with van der Waals surface area (Å²) >= 11 is 0. The second-order valence-corrected chi connectivity index (χ2v) is 6.60. The smallest absolute Gasteiger partial charge is 0.339 e. The standard InChI is InChI=1S/C20H29F4NO/c1-3-5-7-9-13-25(14-10-8-6-4-2)19(26)17-15-16(21)11-12-18(17)20(22,23)24/h11-12,15H,3-10,13-14H2,1-2H3. The van der Waals surface area contributed by atoms with Crippen molar-refractivity contribution < 1.29 is 22.4 Å². The average Bonchev–Trinajstić information content (AvgIpc) is 2.58. The van der Waals surface area contributed by atoms with Gasteiger partial charge in [-0.2, -0.15) is 13.2 Å². The number of rotatable bonds is 11. The van der Waals surface area contributed by atoms with Crippen LogP contribution >= 0.6 is 0 Å². The van der Waals surface area contributed by atoms with Crippen LogP contribution in [0.25, 0.3) is 0 Å². The van der Waals surface area contributed by atoms with Crippen molar-refractivity contribution in [1.29, 1.82) is 0 Å². The maximum absolute atomic E-state index is 13.5. The lowest BCUT2D eigenvalue weighted by Gasteiger charge is -2.24. The molecule has 0 aliphatic heterocycles. The molecule has 26 heavy (non-hydrogen) atoms. The van der Waals surface area contributed by atoms with Crippen LogP contribution in [0.3, 0.4) is 0 Å². The van der Waals surface area contributed by atoms with Gasteiger partial charge in [-0.1, -0.05) is 52.4 Å². The number of carbonyl (C=O) groups is 1. The Hall–Kier alpha value is -1.59. The van der Waals surface area contributed by atoms with E-state index in [1.54, 1.807) is 0 Å². The minimum absolute atomic E-state index is 0.402. The van der Waals surface area contributed by atoms with Gasteiger partial charge in [0.2, 0.25) is 0 Å². The highest BCUT2D eigenvalue weighted by Crippen LogP contribution is 2.33. The fraction of sp³-hybridized carbons (Fsp3) is 0.650. The molecule has 2 nitrogen and oxygen atoms in total. The first-order valence-electron chi connectivity index (χ1n) is 9.47. The van der Waals surface area contributed by atoms with Crippen molar-refractivity contribution in [1.82, 2.24) is 4.90 Å². The molecule has 0 aliphatic rings. The van der Waals surface area contributed by atoms with Crippen molar-refractivity contribution in [2.24, 2.45) is 0 Å². The maximum atomic E-state index is 13.5. The van der Waals surface area contributed by atoms with Crippen LogP contribution < -0.4 is 0 Å². The molecule has 0 saturated heterocycles. The average molecular weight is 375 g/mol. The number of nitrogens with zero attached hydrogens (tertiary/aromatic N) is 1. The van der Waals surface area contributed by atoms with Crippen molar-refractivity contribution in [2.75, 3.05) is 13.1 Å². The van der Waals surface area contributed by atoms with Crippen LogP contribution in [0.5, 0.6) is 0 Å². The summed E-state index contributed by atoms with van der Waals surface area (Å²) in [4.78, 5) is 14.2. The van der Waals surface area contributed by atoms with Crippen LogP contribution in [0, 0.1) is 5.82 Å². The third-order valence-electron chi connectivity index (χ3n) is 4.37. The van der Waals surface area contributed by atoms with Gasteiger partial charge in [0.25, 0.3) is 5.91 Å². The lowest BCUT2D eigenvalue weighted by molar-refractivity contribution is -0.138. The number of alkyl halides is 3. The van der Waals surface area contributed by atoms with E-state index in [2.05, 4.69) is 13.8 Å². The molecular formula is C20H29F4NO. The van der Waals surface area contributed by atoms with E-state index in [4.69, 9.17) is 0 Å². The van der Waals surface area contributed by atoms with Gasteiger partial charge >= 0.3 is 6.18 Å². The Bertz CT molecular complexity index is 545. The maximum Gasteiger partial charge on any atom is 0.417 e. The van der Waals surface area contributed by atoms with Crippen molar-refractivity contribution in [3.8, 4) is 0 Å². The van der Waals surface area contributed by atoms with E-state index < -0.39 is 29.0 Å². The van der Waals surface area contributed by atoms with E-state index in [-0.39, 0.29) is 0 Å². The molecular weight excluding hydrogens is 346 g/mol. The van der Waals surface area contributed by atoms with E-state index in [0.717, 1.165) is 57.4 Å². The number of unbranched alkanes of at least 4 members (excludes halogenated alkanes) is 6. The Labute approximate surface area is 153 Å². The summed E-state index contributed by atoms with van der Waals surface area (Å²) in [5, 5.41) is 0. The normalized spacial score (nSPS) is 11.6. The van der Waals surface area contributed by atoms with Gasteiger partial charge in [-0.15, -0.1) is 0 Å². The second-order valence-electron chi connectivity index (χ2n) is 6.60. The van der Waals surface area contributed by atoms with E-state index >= 15 is 0 Å². The summed E-state index contributed by atoms with van der Waals surface area (Å²) in [5.41, 5.74) is -1.67. The van der Waals surface area contributed by atoms with Gasteiger partial charge < -0.3 is 4.90 Å². The summed E-state index contributed by atoms with van der Waals surface area (Å²) in [6, 6.07) is 2.09. The third kappa shape index (κ3) is 7.34.